The third-order valence-electron chi connectivity index (χ3n) is 2.77. The van der Waals surface area contributed by atoms with Crippen LogP contribution in [0.15, 0.2) is 46.9 Å². The smallest absolute Gasteiger partial charge is 0.123 e. The third-order valence-corrected chi connectivity index (χ3v) is 3.46. The van der Waals surface area contributed by atoms with Crippen molar-refractivity contribution in [2.75, 3.05) is 7.11 Å². The second kappa shape index (κ2) is 5.50. The van der Waals surface area contributed by atoms with Gasteiger partial charge in [-0.15, -0.1) is 0 Å². The average Bonchev–Trinajstić information content (AvgIpc) is 2.38. The van der Waals surface area contributed by atoms with Crippen LogP contribution in [-0.2, 0) is 0 Å². The molecular formula is C14H13BrFNO. The molecule has 2 aromatic rings. The molecule has 1 atom stereocenters. The van der Waals surface area contributed by atoms with Crippen LogP contribution in [0, 0.1) is 5.82 Å². The Labute approximate surface area is 114 Å². The summed E-state index contributed by atoms with van der Waals surface area (Å²) >= 11 is 3.47. The average molecular weight is 310 g/mol. The number of hydrogen-bond donors (Lipinski definition) is 1. The van der Waals surface area contributed by atoms with Crippen molar-refractivity contribution in [3.05, 3.63) is 63.9 Å². The minimum absolute atomic E-state index is 0.264. The fraction of sp³-hybridized carbons (Fsp3) is 0.143. The summed E-state index contributed by atoms with van der Waals surface area (Å²) in [4.78, 5) is 0. The van der Waals surface area contributed by atoms with Gasteiger partial charge in [-0.25, -0.2) is 4.39 Å². The molecule has 1 unspecified atom stereocenters. The van der Waals surface area contributed by atoms with Crippen LogP contribution >= 0.6 is 15.9 Å². The van der Waals surface area contributed by atoms with Gasteiger partial charge in [0.05, 0.1) is 13.2 Å². The van der Waals surface area contributed by atoms with Crippen molar-refractivity contribution in [1.29, 1.82) is 0 Å². The minimum atomic E-state index is -0.300. The molecule has 2 aromatic carbocycles. The molecule has 0 saturated carbocycles. The Balaban J connectivity index is 2.33. The summed E-state index contributed by atoms with van der Waals surface area (Å²) in [5.74, 6) is 0.497. The van der Waals surface area contributed by atoms with Gasteiger partial charge in [0.25, 0.3) is 0 Å². The molecule has 0 spiro atoms. The summed E-state index contributed by atoms with van der Waals surface area (Å²) in [5, 5.41) is 0. The molecule has 0 saturated heterocycles. The lowest BCUT2D eigenvalue weighted by Crippen LogP contribution is -2.12. The van der Waals surface area contributed by atoms with E-state index in [2.05, 4.69) is 15.9 Å². The molecule has 0 radical (unpaired) electrons. The number of benzene rings is 2. The second-order valence-electron chi connectivity index (χ2n) is 3.92. The normalized spacial score (nSPS) is 12.2. The van der Waals surface area contributed by atoms with Gasteiger partial charge in [-0.05, 0) is 35.4 Å². The number of methoxy groups -OCH3 is 1. The first-order valence-corrected chi connectivity index (χ1v) is 6.25. The lowest BCUT2D eigenvalue weighted by Gasteiger charge is -2.15. The van der Waals surface area contributed by atoms with Gasteiger partial charge < -0.3 is 10.5 Å². The SMILES string of the molecule is COc1ccc(C(N)c2ccc(F)cc2)c(Br)c1. The molecule has 0 amide bonds. The van der Waals surface area contributed by atoms with Crippen molar-refractivity contribution in [1.82, 2.24) is 0 Å². The first-order chi connectivity index (χ1) is 8.61. The van der Waals surface area contributed by atoms with Gasteiger partial charge >= 0.3 is 0 Å². The summed E-state index contributed by atoms with van der Waals surface area (Å²) in [6.45, 7) is 0. The van der Waals surface area contributed by atoms with Gasteiger partial charge in [0.2, 0.25) is 0 Å². The molecule has 18 heavy (non-hydrogen) atoms. The zero-order valence-electron chi connectivity index (χ0n) is 9.86. The molecule has 0 bridgehead atoms. The molecular weight excluding hydrogens is 297 g/mol. The molecule has 2 N–H and O–H groups in total. The number of halogens is 2. The van der Waals surface area contributed by atoms with Crippen LogP contribution in [0.25, 0.3) is 0 Å². The predicted molar refractivity (Wildman–Crippen MR) is 73.1 cm³/mol. The highest BCUT2D eigenvalue weighted by molar-refractivity contribution is 9.10. The van der Waals surface area contributed by atoms with Crippen LogP contribution in [0.2, 0.25) is 0 Å². The van der Waals surface area contributed by atoms with Crippen molar-refractivity contribution < 1.29 is 9.13 Å². The fourth-order valence-corrected chi connectivity index (χ4v) is 2.34. The summed E-state index contributed by atoms with van der Waals surface area (Å²) in [7, 11) is 1.61. The van der Waals surface area contributed by atoms with E-state index in [1.165, 1.54) is 12.1 Å². The number of ether oxygens (including phenoxy) is 1. The van der Waals surface area contributed by atoms with Crippen LogP contribution in [0.4, 0.5) is 4.39 Å². The molecule has 0 aliphatic carbocycles. The molecule has 4 heteroatoms. The van der Waals surface area contributed by atoms with Crippen LogP contribution in [-0.4, -0.2) is 7.11 Å². The second-order valence-corrected chi connectivity index (χ2v) is 4.77. The summed E-state index contributed by atoms with van der Waals surface area (Å²) < 4.78 is 18.9. The van der Waals surface area contributed by atoms with Crippen molar-refractivity contribution in [2.45, 2.75) is 6.04 Å². The van der Waals surface area contributed by atoms with Gasteiger partial charge in [-0.3, -0.25) is 0 Å². The molecule has 0 aliphatic rings. The van der Waals surface area contributed by atoms with Crippen molar-refractivity contribution in [3.63, 3.8) is 0 Å². The van der Waals surface area contributed by atoms with E-state index in [4.69, 9.17) is 10.5 Å². The van der Waals surface area contributed by atoms with E-state index in [9.17, 15) is 4.39 Å². The van der Waals surface area contributed by atoms with Gasteiger partial charge in [0, 0.05) is 4.47 Å². The Morgan fingerprint density at radius 3 is 2.39 bits per heavy atom. The quantitative estimate of drug-likeness (QED) is 0.939. The fourth-order valence-electron chi connectivity index (χ4n) is 1.74. The highest BCUT2D eigenvalue weighted by Gasteiger charge is 2.12. The maximum Gasteiger partial charge on any atom is 0.123 e. The molecule has 94 valence electrons. The van der Waals surface area contributed by atoms with E-state index >= 15 is 0 Å². The van der Waals surface area contributed by atoms with Gasteiger partial charge in [0.1, 0.15) is 11.6 Å². The summed E-state index contributed by atoms with van der Waals surface area (Å²) in [5.41, 5.74) is 7.96. The van der Waals surface area contributed by atoms with Gasteiger partial charge in [-0.2, -0.15) is 0 Å². The van der Waals surface area contributed by atoms with Crippen molar-refractivity contribution in [2.24, 2.45) is 5.73 Å². The van der Waals surface area contributed by atoms with Gasteiger partial charge in [-0.1, -0.05) is 34.1 Å². The summed E-state index contributed by atoms with van der Waals surface area (Å²) in [6.07, 6.45) is 0. The monoisotopic (exact) mass is 309 g/mol. The first-order valence-electron chi connectivity index (χ1n) is 5.46. The summed E-state index contributed by atoms with van der Waals surface area (Å²) in [6, 6.07) is 11.5. The third kappa shape index (κ3) is 2.71. The van der Waals surface area contributed by atoms with Crippen LogP contribution in [0.1, 0.15) is 17.2 Å². The molecule has 0 aromatic heterocycles. The van der Waals surface area contributed by atoms with Crippen molar-refractivity contribution in [3.8, 4) is 5.75 Å². The van der Waals surface area contributed by atoms with E-state index < -0.39 is 0 Å². The molecule has 2 nitrogen and oxygen atoms in total. The number of hydrogen-bond acceptors (Lipinski definition) is 2. The number of nitrogens with two attached hydrogens (primary N) is 1. The van der Waals surface area contributed by atoms with Crippen molar-refractivity contribution >= 4 is 15.9 Å². The van der Waals surface area contributed by atoms with Gasteiger partial charge in [0.15, 0.2) is 0 Å². The topological polar surface area (TPSA) is 35.2 Å². The Hall–Kier alpha value is -1.39. The Morgan fingerprint density at radius 2 is 1.83 bits per heavy atom. The minimum Gasteiger partial charge on any atom is -0.497 e. The van der Waals surface area contributed by atoms with E-state index in [1.807, 2.05) is 18.2 Å². The zero-order chi connectivity index (χ0) is 13.1. The molecule has 0 fully saturated rings. The maximum absolute atomic E-state index is 12.9. The molecule has 0 heterocycles. The lowest BCUT2D eigenvalue weighted by atomic mass is 9.99. The highest BCUT2D eigenvalue weighted by atomic mass is 79.9. The lowest BCUT2D eigenvalue weighted by molar-refractivity contribution is 0.414. The van der Waals surface area contributed by atoms with Crippen LogP contribution in [0.5, 0.6) is 5.75 Å². The van der Waals surface area contributed by atoms with Crippen LogP contribution < -0.4 is 10.5 Å². The molecule has 0 aliphatic heterocycles. The van der Waals surface area contributed by atoms with Crippen LogP contribution in [0.3, 0.4) is 0 Å². The Bertz CT molecular complexity index is 542. The number of rotatable bonds is 3. The van der Waals surface area contributed by atoms with E-state index in [0.29, 0.717) is 0 Å². The van der Waals surface area contributed by atoms with E-state index in [1.54, 1.807) is 19.2 Å². The Morgan fingerprint density at radius 1 is 1.17 bits per heavy atom. The maximum atomic E-state index is 12.9. The van der Waals surface area contributed by atoms with E-state index in [-0.39, 0.29) is 11.9 Å². The standard InChI is InChI=1S/C14H13BrFNO/c1-18-11-6-7-12(13(15)8-11)14(17)9-2-4-10(16)5-3-9/h2-8,14H,17H2,1H3. The first kappa shape index (κ1) is 13.1. The largest absolute Gasteiger partial charge is 0.497 e. The van der Waals surface area contributed by atoms with E-state index in [0.717, 1.165) is 21.3 Å². The Kier molecular flexibility index (Phi) is 3.99. The predicted octanol–water partition coefficient (Wildman–Crippen LogP) is 3.64. The highest BCUT2D eigenvalue weighted by Crippen LogP contribution is 2.30. The molecule has 2 rings (SSSR count). The zero-order valence-corrected chi connectivity index (χ0v) is 11.4.